The maximum absolute atomic E-state index is 5.75. The van der Waals surface area contributed by atoms with Gasteiger partial charge in [0.2, 0.25) is 5.89 Å². The largest absolute Gasteiger partial charge is 0.444 e. The molecule has 2 heterocycles. The van der Waals surface area contributed by atoms with Crippen molar-refractivity contribution in [2.45, 2.75) is 72.3 Å². The third kappa shape index (κ3) is 7.21. The lowest BCUT2D eigenvalue weighted by Gasteiger charge is -2.32. The monoisotopic (exact) mass is 433 g/mol. The van der Waals surface area contributed by atoms with Crippen molar-refractivity contribution in [3.63, 3.8) is 0 Å². The number of nitrogens with zero attached hydrogens (tertiary/aromatic N) is 3. The molecule has 2 fully saturated rings. The normalized spacial score (nSPS) is 20.3. The number of oxazole rings is 1. The van der Waals surface area contributed by atoms with E-state index in [1.165, 1.54) is 38.5 Å². The summed E-state index contributed by atoms with van der Waals surface area (Å²) in [7, 11) is 1.87. The molecule has 0 atom stereocenters. The molecule has 7 heteroatoms. The number of likely N-dealkylation sites (tertiary alicyclic amines) is 1. The first-order valence-corrected chi connectivity index (χ1v) is 12.2. The summed E-state index contributed by atoms with van der Waals surface area (Å²) in [5.41, 5.74) is 1.37. The summed E-state index contributed by atoms with van der Waals surface area (Å²) in [6.07, 6.45) is 8.81. The highest BCUT2D eigenvalue weighted by Gasteiger charge is 2.33. The molecule has 0 radical (unpaired) electrons. The number of aryl methyl sites for hydroxylation is 2. The topological polar surface area (TPSA) is 74.9 Å². The third-order valence-corrected chi connectivity index (χ3v) is 7.20. The van der Waals surface area contributed by atoms with Gasteiger partial charge in [-0.3, -0.25) is 9.89 Å². The van der Waals surface area contributed by atoms with Crippen molar-refractivity contribution in [3.8, 4) is 0 Å². The van der Waals surface area contributed by atoms with Gasteiger partial charge in [0.1, 0.15) is 5.76 Å². The van der Waals surface area contributed by atoms with Crippen molar-refractivity contribution in [2.24, 2.45) is 16.3 Å². The Morgan fingerprint density at radius 2 is 1.97 bits per heavy atom. The Hall–Kier alpha value is -1.60. The minimum Gasteiger partial charge on any atom is -0.444 e. The molecule has 31 heavy (non-hydrogen) atoms. The van der Waals surface area contributed by atoms with Crippen molar-refractivity contribution in [1.29, 1.82) is 0 Å². The first kappa shape index (κ1) is 24.1. The van der Waals surface area contributed by atoms with E-state index < -0.39 is 0 Å². The number of piperidine rings is 1. The van der Waals surface area contributed by atoms with E-state index in [4.69, 9.17) is 9.15 Å². The van der Waals surface area contributed by atoms with E-state index in [-0.39, 0.29) is 0 Å². The summed E-state index contributed by atoms with van der Waals surface area (Å²) >= 11 is 0. The molecule has 3 rings (SSSR count). The maximum Gasteiger partial charge on any atom is 0.208 e. The van der Waals surface area contributed by atoms with Crippen LogP contribution in [0.15, 0.2) is 9.41 Å². The molecule has 1 saturated carbocycles. The molecule has 1 aliphatic carbocycles. The van der Waals surface area contributed by atoms with E-state index >= 15 is 0 Å². The molecule has 7 nitrogen and oxygen atoms in total. The Bertz CT molecular complexity index is 669. The quantitative estimate of drug-likeness (QED) is 0.333. The Morgan fingerprint density at radius 1 is 1.23 bits per heavy atom. The zero-order valence-electron chi connectivity index (χ0n) is 20.1. The summed E-state index contributed by atoms with van der Waals surface area (Å²) in [4.78, 5) is 11.5. The zero-order chi connectivity index (χ0) is 22.1. The molecule has 2 N–H and O–H groups in total. The third-order valence-electron chi connectivity index (χ3n) is 7.20. The van der Waals surface area contributed by atoms with Crippen LogP contribution in [0.25, 0.3) is 0 Å². The van der Waals surface area contributed by atoms with Crippen molar-refractivity contribution in [1.82, 2.24) is 20.5 Å². The maximum atomic E-state index is 5.75. The molecular formula is C24H43N5O2. The molecule has 2 aliphatic rings. The van der Waals surface area contributed by atoms with Gasteiger partial charge in [-0.1, -0.05) is 12.8 Å². The van der Waals surface area contributed by atoms with Crippen LogP contribution in [0.5, 0.6) is 0 Å². The summed E-state index contributed by atoms with van der Waals surface area (Å²) in [5, 5.41) is 7.20. The number of ether oxygens (including phenoxy) is 1. The van der Waals surface area contributed by atoms with Gasteiger partial charge in [-0.15, -0.1) is 0 Å². The lowest BCUT2D eigenvalue weighted by atomic mass is 9.83. The molecule has 1 aliphatic heterocycles. The van der Waals surface area contributed by atoms with E-state index in [9.17, 15) is 0 Å². The van der Waals surface area contributed by atoms with Gasteiger partial charge in [-0.2, -0.15) is 0 Å². The first-order chi connectivity index (χ1) is 15.0. The fourth-order valence-corrected chi connectivity index (χ4v) is 4.95. The number of rotatable bonds is 10. The Kier molecular flexibility index (Phi) is 9.20. The van der Waals surface area contributed by atoms with Gasteiger partial charge >= 0.3 is 0 Å². The van der Waals surface area contributed by atoms with Crippen LogP contribution in [0.4, 0.5) is 0 Å². The molecule has 0 unspecified atom stereocenters. The highest BCUT2D eigenvalue weighted by Crippen LogP contribution is 2.40. The van der Waals surface area contributed by atoms with Crippen LogP contribution >= 0.6 is 0 Å². The van der Waals surface area contributed by atoms with Gasteiger partial charge in [-0.25, -0.2) is 4.98 Å². The van der Waals surface area contributed by atoms with Crippen LogP contribution < -0.4 is 10.6 Å². The summed E-state index contributed by atoms with van der Waals surface area (Å²) < 4.78 is 11.4. The number of aliphatic imine (C=N–C) groups is 1. The van der Waals surface area contributed by atoms with Crippen molar-refractivity contribution in [2.75, 3.05) is 46.4 Å². The van der Waals surface area contributed by atoms with Gasteiger partial charge in [0.05, 0.1) is 12.2 Å². The van der Waals surface area contributed by atoms with Gasteiger partial charge in [0.15, 0.2) is 5.96 Å². The Balaban J connectivity index is 1.37. The minimum absolute atomic E-state index is 0.370. The SMILES string of the molecule is CCOCCC1(CNC(=NC)NCC2CCN(Cc3nc(C)c(C)o3)CC2)CCCC1. The van der Waals surface area contributed by atoms with Crippen LogP contribution in [0.1, 0.15) is 69.2 Å². The lowest BCUT2D eigenvalue weighted by molar-refractivity contribution is 0.105. The number of aromatic nitrogens is 1. The smallest absolute Gasteiger partial charge is 0.208 e. The summed E-state index contributed by atoms with van der Waals surface area (Å²) in [6.45, 7) is 12.7. The van der Waals surface area contributed by atoms with Crippen LogP contribution in [0.3, 0.4) is 0 Å². The molecule has 0 spiro atoms. The number of nitrogens with one attached hydrogen (secondary N) is 2. The predicted molar refractivity (Wildman–Crippen MR) is 125 cm³/mol. The van der Waals surface area contributed by atoms with Crippen LogP contribution in [0, 0.1) is 25.2 Å². The average Bonchev–Trinajstić information content (AvgIpc) is 3.36. The fraction of sp³-hybridized carbons (Fsp3) is 0.833. The van der Waals surface area contributed by atoms with Crippen molar-refractivity contribution < 1.29 is 9.15 Å². The summed E-state index contributed by atoms with van der Waals surface area (Å²) in [6, 6.07) is 0. The van der Waals surface area contributed by atoms with E-state index in [1.54, 1.807) is 0 Å². The van der Waals surface area contributed by atoms with E-state index in [0.29, 0.717) is 11.3 Å². The Labute approximate surface area is 188 Å². The minimum atomic E-state index is 0.370. The van der Waals surface area contributed by atoms with Gasteiger partial charge in [-0.05, 0) is 77.3 Å². The molecular weight excluding hydrogens is 390 g/mol. The van der Waals surface area contributed by atoms with E-state index in [1.807, 2.05) is 20.9 Å². The van der Waals surface area contributed by atoms with Crippen LogP contribution in [-0.2, 0) is 11.3 Å². The zero-order valence-corrected chi connectivity index (χ0v) is 20.1. The van der Waals surface area contributed by atoms with Crippen molar-refractivity contribution >= 4 is 5.96 Å². The Morgan fingerprint density at radius 3 is 2.58 bits per heavy atom. The molecule has 0 amide bonds. The fourth-order valence-electron chi connectivity index (χ4n) is 4.95. The molecule has 1 aromatic heterocycles. The van der Waals surface area contributed by atoms with Crippen LogP contribution in [-0.4, -0.2) is 62.3 Å². The predicted octanol–water partition coefficient (Wildman–Crippen LogP) is 3.66. The highest BCUT2D eigenvalue weighted by atomic mass is 16.5. The van der Waals surface area contributed by atoms with Gasteiger partial charge in [0, 0.05) is 33.4 Å². The van der Waals surface area contributed by atoms with Gasteiger partial charge < -0.3 is 19.8 Å². The van der Waals surface area contributed by atoms with E-state index in [0.717, 1.165) is 75.7 Å². The molecule has 0 aromatic carbocycles. The number of hydrogen-bond acceptors (Lipinski definition) is 5. The first-order valence-electron chi connectivity index (χ1n) is 12.2. The van der Waals surface area contributed by atoms with Crippen molar-refractivity contribution in [3.05, 3.63) is 17.3 Å². The second kappa shape index (κ2) is 11.9. The second-order valence-corrected chi connectivity index (χ2v) is 9.43. The highest BCUT2D eigenvalue weighted by molar-refractivity contribution is 5.79. The molecule has 1 aromatic rings. The lowest BCUT2D eigenvalue weighted by Crippen LogP contribution is -2.46. The van der Waals surface area contributed by atoms with Gasteiger partial charge in [0.25, 0.3) is 0 Å². The molecule has 176 valence electrons. The molecule has 1 saturated heterocycles. The average molecular weight is 434 g/mol. The number of guanidine groups is 1. The summed E-state index contributed by atoms with van der Waals surface area (Å²) in [5.74, 6) is 3.41. The van der Waals surface area contributed by atoms with E-state index in [2.05, 4.69) is 32.4 Å². The van der Waals surface area contributed by atoms with Crippen LogP contribution in [0.2, 0.25) is 0 Å². The second-order valence-electron chi connectivity index (χ2n) is 9.43. The number of hydrogen-bond donors (Lipinski definition) is 2. The standard InChI is InChI=1S/C24H43N5O2/c1-5-30-15-12-24(10-6-7-11-24)18-27-23(25-4)26-16-21-8-13-29(14-9-21)17-22-28-19(2)20(3)31-22/h21H,5-18H2,1-4H3,(H2,25,26,27). The molecule has 0 bridgehead atoms.